The van der Waals surface area contributed by atoms with Gasteiger partial charge in [0.15, 0.2) is 21.4 Å². The van der Waals surface area contributed by atoms with Crippen molar-refractivity contribution in [2.45, 2.75) is 29.0 Å². The van der Waals surface area contributed by atoms with Crippen LogP contribution in [0.15, 0.2) is 71.5 Å². The SMILES string of the molecule is C=CCCN(C(=O)Cc1cccs1)[C@H]1COc2c(F)ccc(F)c2[C@@H]1S(=O)(=O)c1ccc(Cl)cc1. The van der Waals surface area contributed by atoms with E-state index >= 15 is 4.39 Å². The van der Waals surface area contributed by atoms with Crippen molar-refractivity contribution in [3.63, 3.8) is 0 Å². The summed E-state index contributed by atoms with van der Waals surface area (Å²) in [6.45, 7) is 3.51. The minimum absolute atomic E-state index is 0.0392. The van der Waals surface area contributed by atoms with Gasteiger partial charge in [0.25, 0.3) is 0 Å². The number of hydrogen-bond donors (Lipinski definition) is 0. The lowest BCUT2D eigenvalue weighted by Crippen LogP contribution is -2.52. The van der Waals surface area contributed by atoms with Gasteiger partial charge in [-0.25, -0.2) is 17.2 Å². The normalized spacial score (nSPS) is 17.3. The molecule has 0 spiro atoms. The fraction of sp³-hybridized carbons (Fsp3) is 0.240. The van der Waals surface area contributed by atoms with Gasteiger partial charge < -0.3 is 9.64 Å². The molecule has 0 radical (unpaired) electrons. The number of ether oxygens (including phenoxy) is 1. The molecule has 0 fully saturated rings. The van der Waals surface area contributed by atoms with Crippen LogP contribution in [0.3, 0.4) is 0 Å². The number of thiophene rings is 1. The van der Waals surface area contributed by atoms with Crippen LogP contribution in [-0.2, 0) is 21.1 Å². The van der Waals surface area contributed by atoms with Gasteiger partial charge in [-0.2, -0.15) is 0 Å². The van der Waals surface area contributed by atoms with E-state index in [4.69, 9.17) is 16.3 Å². The first-order valence-electron chi connectivity index (χ1n) is 10.8. The Morgan fingerprint density at radius 2 is 1.89 bits per heavy atom. The molecular formula is C25H22ClF2NO4S2. The Bertz CT molecular complexity index is 1330. The summed E-state index contributed by atoms with van der Waals surface area (Å²) in [4.78, 5) is 15.5. The number of hydrogen-bond acceptors (Lipinski definition) is 5. The van der Waals surface area contributed by atoms with Gasteiger partial charge >= 0.3 is 0 Å². The van der Waals surface area contributed by atoms with Crippen molar-refractivity contribution in [1.82, 2.24) is 4.90 Å². The molecule has 5 nitrogen and oxygen atoms in total. The highest BCUT2D eigenvalue weighted by molar-refractivity contribution is 7.91. The molecule has 2 heterocycles. The predicted molar refractivity (Wildman–Crippen MR) is 132 cm³/mol. The zero-order valence-electron chi connectivity index (χ0n) is 18.5. The number of benzene rings is 2. The summed E-state index contributed by atoms with van der Waals surface area (Å²) in [6, 6.07) is 9.69. The average Bonchev–Trinajstić information content (AvgIpc) is 3.34. The summed E-state index contributed by atoms with van der Waals surface area (Å²) >= 11 is 7.33. The minimum Gasteiger partial charge on any atom is -0.488 e. The monoisotopic (exact) mass is 537 g/mol. The van der Waals surface area contributed by atoms with Crippen molar-refractivity contribution in [1.29, 1.82) is 0 Å². The van der Waals surface area contributed by atoms with Gasteiger partial charge in [-0.1, -0.05) is 23.7 Å². The van der Waals surface area contributed by atoms with Crippen LogP contribution in [0.25, 0.3) is 0 Å². The molecule has 2 atom stereocenters. The summed E-state index contributed by atoms with van der Waals surface area (Å²) in [5.41, 5.74) is -0.427. The molecule has 0 saturated carbocycles. The van der Waals surface area contributed by atoms with Crippen molar-refractivity contribution in [2.24, 2.45) is 0 Å². The van der Waals surface area contributed by atoms with E-state index in [0.717, 1.165) is 17.0 Å². The van der Waals surface area contributed by atoms with Gasteiger partial charge in [-0.05, 0) is 54.3 Å². The van der Waals surface area contributed by atoms with Gasteiger partial charge in [-0.3, -0.25) is 4.79 Å². The average molecular weight is 538 g/mol. The first kappa shape index (κ1) is 25.3. The molecule has 10 heteroatoms. The summed E-state index contributed by atoms with van der Waals surface area (Å²) < 4.78 is 63.1. The first-order valence-corrected chi connectivity index (χ1v) is 13.6. The van der Waals surface area contributed by atoms with E-state index in [1.165, 1.54) is 40.5 Å². The zero-order valence-corrected chi connectivity index (χ0v) is 20.9. The third-order valence-corrected chi connectivity index (χ3v) is 9.08. The molecule has 184 valence electrons. The zero-order chi connectivity index (χ0) is 25.2. The Morgan fingerprint density at radius 1 is 1.17 bits per heavy atom. The van der Waals surface area contributed by atoms with E-state index in [1.807, 2.05) is 11.4 Å². The predicted octanol–water partition coefficient (Wildman–Crippen LogP) is 5.60. The van der Waals surface area contributed by atoms with Crippen LogP contribution in [-0.4, -0.2) is 38.4 Å². The summed E-state index contributed by atoms with van der Waals surface area (Å²) in [5.74, 6) is -2.61. The molecular weight excluding hydrogens is 516 g/mol. The molecule has 3 aromatic rings. The van der Waals surface area contributed by atoms with Crippen molar-refractivity contribution >= 4 is 38.7 Å². The number of rotatable bonds is 8. The molecule has 2 aromatic carbocycles. The first-order chi connectivity index (χ1) is 16.7. The van der Waals surface area contributed by atoms with E-state index in [9.17, 15) is 17.6 Å². The lowest BCUT2D eigenvalue weighted by molar-refractivity contribution is -0.133. The van der Waals surface area contributed by atoms with Crippen LogP contribution in [0.5, 0.6) is 5.75 Å². The van der Waals surface area contributed by atoms with E-state index in [2.05, 4.69) is 6.58 Å². The van der Waals surface area contributed by atoms with Crippen molar-refractivity contribution < 1.29 is 26.7 Å². The van der Waals surface area contributed by atoms with Crippen molar-refractivity contribution in [2.75, 3.05) is 13.2 Å². The summed E-state index contributed by atoms with van der Waals surface area (Å²) in [7, 11) is -4.31. The number of nitrogens with zero attached hydrogens (tertiary/aromatic N) is 1. The van der Waals surface area contributed by atoms with Crippen molar-refractivity contribution in [3.8, 4) is 5.75 Å². The third-order valence-electron chi connectivity index (χ3n) is 5.80. The van der Waals surface area contributed by atoms with Crippen LogP contribution in [0.4, 0.5) is 8.78 Å². The van der Waals surface area contributed by atoms with Crippen LogP contribution < -0.4 is 4.74 Å². The van der Waals surface area contributed by atoms with Crippen molar-refractivity contribution in [3.05, 3.63) is 93.7 Å². The molecule has 35 heavy (non-hydrogen) atoms. The van der Waals surface area contributed by atoms with Crippen LogP contribution in [0.2, 0.25) is 5.02 Å². The number of carbonyl (C=O) groups excluding carboxylic acids is 1. The van der Waals surface area contributed by atoms with Gasteiger partial charge in [0.1, 0.15) is 17.7 Å². The highest BCUT2D eigenvalue weighted by atomic mass is 35.5. The van der Waals surface area contributed by atoms with Crippen LogP contribution in [0, 0.1) is 11.6 Å². The minimum atomic E-state index is -4.31. The van der Waals surface area contributed by atoms with Crippen LogP contribution >= 0.6 is 22.9 Å². The second-order valence-corrected chi connectivity index (χ2v) is 11.5. The molecule has 0 N–H and O–H groups in total. The number of amides is 1. The van der Waals surface area contributed by atoms with E-state index in [1.54, 1.807) is 12.1 Å². The largest absolute Gasteiger partial charge is 0.488 e. The van der Waals surface area contributed by atoms with Gasteiger partial charge in [0.2, 0.25) is 5.91 Å². The summed E-state index contributed by atoms with van der Waals surface area (Å²) in [6.07, 6.45) is 2.02. The highest BCUT2D eigenvalue weighted by Crippen LogP contribution is 2.45. The Kier molecular flexibility index (Phi) is 7.59. The van der Waals surface area contributed by atoms with E-state index in [0.29, 0.717) is 11.4 Å². The molecule has 1 aromatic heterocycles. The number of fused-ring (bicyclic) bond motifs is 1. The smallest absolute Gasteiger partial charge is 0.228 e. The Morgan fingerprint density at radius 3 is 2.54 bits per heavy atom. The highest BCUT2D eigenvalue weighted by Gasteiger charge is 2.47. The fourth-order valence-electron chi connectivity index (χ4n) is 4.17. The summed E-state index contributed by atoms with van der Waals surface area (Å²) in [5, 5.41) is 0.562. The lowest BCUT2D eigenvalue weighted by atomic mass is 9.99. The maximum atomic E-state index is 15.2. The Hall–Kier alpha value is -2.75. The Balaban J connectivity index is 1.85. The van der Waals surface area contributed by atoms with Gasteiger partial charge in [0.05, 0.1) is 22.9 Å². The third kappa shape index (κ3) is 5.12. The molecule has 1 aliphatic rings. The number of halogens is 3. The van der Waals surface area contributed by atoms with Gasteiger partial charge in [0, 0.05) is 16.4 Å². The second kappa shape index (κ2) is 10.5. The van der Waals surface area contributed by atoms with E-state index < -0.39 is 44.1 Å². The molecule has 0 aliphatic carbocycles. The molecule has 4 rings (SSSR count). The topological polar surface area (TPSA) is 63.7 Å². The quantitative estimate of drug-likeness (QED) is 0.351. The maximum Gasteiger partial charge on any atom is 0.228 e. The second-order valence-electron chi connectivity index (χ2n) is 7.99. The van der Waals surface area contributed by atoms with Gasteiger partial charge in [-0.15, -0.1) is 17.9 Å². The van der Waals surface area contributed by atoms with Crippen LogP contribution in [0.1, 0.15) is 22.1 Å². The molecule has 0 saturated heterocycles. The standard InChI is InChI=1S/C25H22ClF2NO4S2/c1-2-3-12-29(22(30)14-17-5-4-13-34-17)21-15-33-24-20(28)11-10-19(27)23(24)25(21)35(31,32)18-8-6-16(26)7-9-18/h2,4-11,13,21,25H,1,3,12,14-15H2/t21-,25+/m0/s1. The molecule has 1 amide bonds. The van der Waals surface area contributed by atoms with E-state index in [-0.39, 0.29) is 30.4 Å². The molecule has 0 bridgehead atoms. The number of carbonyl (C=O) groups is 1. The Labute approximate surface area is 211 Å². The molecule has 0 unspecified atom stereocenters. The number of sulfone groups is 1. The molecule has 1 aliphatic heterocycles. The lowest BCUT2D eigenvalue weighted by Gasteiger charge is -2.40. The maximum absolute atomic E-state index is 15.2. The fourth-order valence-corrected chi connectivity index (χ4v) is 6.96.